The molecule has 0 aliphatic carbocycles. The summed E-state index contributed by atoms with van der Waals surface area (Å²) in [5.74, 6) is -0.599. The smallest absolute Gasteiger partial charge is 0.323 e. The van der Waals surface area contributed by atoms with Gasteiger partial charge in [0.15, 0.2) is 8.64 Å². The Bertz CT molecular complexity index is 663. The number of thiol groups is 2. The molecule has 0 fully saturated rings. The number of oxazole rings is 1. The van der Waals surface area contributed by atoms with Crippen LogP contribution in [0.25, 0.3) is 0 Å². The lowest BCUT2D eigenvalue weighted by Gasteiger charge is -2.30. The van der Waals surface area contributed by atoms with Gasteiger partial charge in [0.2, 0.25) is 0 Å². The van der Waals surface area contributed by atoms with Crippen molar-refractivity contribution < 1.29 is 9.21 Å². The maximum absolute atomic E-state index is 12.5. The molecule has 0 saturated heterocycles. The molecule has 2 rings (SSSR count). The third-order valence-electron chi connectivity index (χ3n) is 2.14. The van der Waals surface area contributed by atoms with Gasteiger partial charge in [-0.05, 0) is 0 Å². The summed E-state index contributed by atoms with van der Waals surface area (Å²) in [5, 5.41) is 2.06. The molecule has 2 heterocycles. The minimum atomic E-state index is -0.599. The highest BCUT2D eigenvalue weighted by Crippen LogP contribution is 2.19. The van der Waals surface area contributed by atoms with E-state index in [2.05, 4.69) is 40.2 Å². The van der Waals surface area contributed by atoms with E-state index < -0.39 is 5.91 Å². The van der Waals surface area contributed by atoms with E-state index in [0.717, 1.165) is 10.0 Å². The van der Waals surface area contributed by atoms with Gasteiger partial charge in [0.05, 0.1) is 12.4 Å². The van der Waals surface area contributed by atoms with Crippen molar-refractivity contribution in [1.29, 1.82) is 0 Å². The third-order valence-corrected chi connectivity index (χ3v) is 2.86. The van der Waals surface area contributed by atoms with Gasteiger partial charge in [0.25, 0.3) is 5.91 Å². The molecule has 0 saturated carbocycles. The van der Waals surface area contributed by atoms with Crippen molar-refractivity contribution in [3.05, 3.63) is 36.7 Å². The number of thiocarbonyl (C=S) groups is 2. The molecule has 2 aromatic rings. The molecule has 0 aliphatic rings. The Morgan fingerprint density at radius 3 is 2.38 bits per heavy atom. The normalized spacial score (nSPS) is 10.0. The predicted octanol–water partition coefficient (Wildman–Crippen LogP) is 1.76. The Morgan fingerprint density at radius 1 is 1.14 bits per heavy atom. The zero-order valence-corrected chi connectivity index (χ0v) is 13.6. The Kier molecular flexibility index (Phi) is 5.22. The van der Waals surface area contributed by atoms with E-state index in [-0.39, 0.29) is 20.3 Å². The van der Waals surface area contributed by atoms with Gasteiger partial charge in [0.1, 0.15) is 12.0 Å². The van der Waals surface area contributed by atoms with Gasteiger partial charge in [0, 0.05) is 12.4 Å². The van der Waals surface area contributed by atoms with E-state index in [4.69, 9.17) is 28.9 Å². The number of carbonyl (C=O) groups is 1. The van der Waals surface area contributed by atoms with Crippen LogP contribution in [0.4, 0.5) is 6.01 Å². The first-order valence-corrected chi connectivity index (χ1v) is 6.99. The van der Waals surface area contributed by atoms with Gasteiger partial charge in [-0.25, -0.2) is 9.97 Å². The fraction of sp³-hybridized carbons (Fsp3) is 0. The number of hydrogen-bond donors (Lipinski definition) is 2. The van der Waals surface area contributed by atoms with Gasteiger partial charge in [-0.2, -0.15) is 10.0 Å². The first-order valence-electron chi connectivity index (χ1n) is 5.28. The molecule has 7 nitrogen and oxygen atoms in total. The van der Waals surface area contributed by atoms with Gasteiger partial charge >= 0.3 is 6.01 Å². The second-order valence-corrected chi connectivity index (χ2v) is 5.62. The summed E-state index contributed by atoms with van der Waals surface area (Å²) in [6, 6.07) is 0.0173. The predicted molar refractivity (Wildman–Crippen MR) is 90.4 cm³/mol. The summed E-state index contributed by atoms with van der Waals surface area (Å²) in [6.45, 7) is 0. The SMILES string of the molecule is O=C(c1cnccn1)N(C(=S)S)N(C(=S)S)c1ncco1. The van der Waals surface area contributed by atoms with Gasteiger partial charge < -0.3 is 4.42 Å². The molecule has 0 atom stereocenters. The molecule has 1 amide bonds. The zero-order chi connectivity index (χ0) is 15.4. The summed E-state index contributed by atoms with van der Waals surface area (Å²) in [5.41, 5.74) is 0.0510. The second-order valence-electron chi connectivity index (χ2n) is 3.40. The fourth-order valence-electron chi connectivity index (χ4n) is 1.35. The number of anilines is 1. The van der Waals surface area contributed by atoms with Crippen molar-refractivity contribution in [1.82, 2.24) is 20.0 Å². The van der Waals surface area contributed by atoms with Crippen LogP contribution in [0.1, 0.15) is 10.5 Å². The number of hydrazine groups is 1. The summed E-state index contributed by atoms with van der Waals surface area (Å²) >= 11 is 18.1. The summed E-state index contributed by atoms with van der Waals surface area (Å²) in [4.78, 5) is 24.2. The highest BCUT2D eigenvalue weighted by molar-refractivity contribution is 8.12. The first-order chi connectivity index (χ1) is 10.0. The lowest BCUT2D eigenvalue weighted by molar-refractivity contribution is 0.0846. The number of nitrogens with zero attached hydrogens (tertiary/aromatic N) is 5. The highest BCUT2D eigenvalue weighted by Gasteiger charge is 2.31. The van der Waals surface area contributed by atoms with Crippen LogP contribution in [0.3, 0.4) is 0 Å². The largest absolute Gasteiger partial charge is 0.431 e. The van der Waals surface area contributed by atoms with Gasteiger partial charge in [-0.1, -0.05) is 24.4 Å². The lowest BCUT2D eigenvalue weighted by Crippen LogP contribution is -2.50. The van der Waals surface area contributed by atoms with Crippen molar-refractivity contribution in [3.63, 3.8) is 0 Å². The van der Waals surface area contributed by atoms with Crippen LogP contribution in [0.2, 0.25) is 0 Å². The van der Waals surface area contributed by atoms with Crippen LogP contribution < -0.4 is 5.01 Å². The zero-order valence-electron chi connectivity index (χ0n) is 10.2. The summed E-state index contributed by atoms with van der Waals surface area (Å²) in [7, 11) is 0. The van der Waals surface area contributed by atoms with E-state index in [1.165, 1.54) is 31.1 Å². The highest BCUT2D eigenvalue weighted by atomic mass is 32.1. The van der Waals surface area contributed by atoms with Crippen LogP contribution >= 0.6 is 49.7 Å². The fourth-order valence-corrected chi connectivity index (χ4v) is 2.03. The molecular formula is C10H7N5O2S4. The minimum Gasteiger partial charge on any atom is -0.431 e. The van der Waals surface area contributed by atoms with Crippen LogP contribution in [0.15, 0.2) is 35.5 Å². The second kappa shape index (κ2) is 6.93. The number of amides is 1. The monoisotopic (exact) mass is 357 g/mol. The lowest BCUT2D eigenvalue weighted by atomic mass is 10.4. The van der Waals surface area contributed by atoms with E-state index in [1.54, 1.807) is 0 Å². The number of carbonyl (C=O) groups excluding carboxylic acids is 1. The van der Waals surface area contributed by atoms with Crippen molar-refractivity contribution in [2.24, 2.45) is 0 Å². The van der Waals surface area contributed by atoms with Crippen LogP contribution in [-0.4, -0.2) is 34.5 Å². The van der Waals surface area contributed by atoms with Crippen LogP contribution in [0.5, 0.6) is 0 Å². The quantitative estimate of drug-likeness (QED) is 0.478. The van der Waals surface area contributed by atoms with E-state index in [9.17, 15) is 4.79 Å². The van der Waals surface area contributed by atoms with E-state index in [1.807, 2.05) is 0 Å². The number of aromatic nitrogens is 3. The Balaban J connectivity index is 2.44. The van der Waals surface area contributed by atoms with Crippen molar-refractivity contribution in [2.45, 2.75) is 0 Å². The molecule has 0 aliphatic heterocycles. The summed E-state index contributed by atoms with van der Waals surface area (Å²) in [6.07, 6.45) is 6.81. The molecule has 0 spiro atoms. The molecule has 2 aromatic heterocycles. The van der Waals surface area contributed by atoms with Crippen LogP contribution in [0, 0.1) is 0 Å². The first kappa shape index (κ1) is 15.8. The maximum Gasteiger partial charge on any atom is 0.323 e. The van der Waals surface area contributed by atoms with E-state index >= 15 is 0 Å². The molecule has 0 bridgehead atoms. The molecule has 108 valence electrons. The molecule has 0 aromatic carbocycles. The molecule has 11 heteroatoms. The number of rotatable bonds is 2. The molecule has 0 unspecified atom stereocenters. The minimum absolute atomic E-state index is 0.00825. The van der Waals surface area contributed by atoms with Crippen molar-refractivity contribution in [2.75, 3.05) is 5.01 Å². The topological polar surface area (TPSA) is 75.4 Å². The van der Waals surface area contributed by atoms with Crippen molar-refractivity contribution >= 4 is 70.3 Å². The average Bonchev–Trinajstić information content (AvgIpc) is 2.97. The maximum atomic E-state index is 12.5. The molecule has 21 heavy (non-hydrogen) atoms. The Morgan fingerprint density at radius 2 is 1.90 bits per heavy atom. The van der Waals surface area contributed by atoms with Crippen LogP contribution in [-0.2, 0) is 0 Å². The average molecular weight is 357 g/mol. The number of hydrogen-bond acceptors (Lipinski definition) is 7. The third kappa shape index (κ3) is 3.56. The Labute approximate surface area is 141 Å². The molecule has 0 N–H and O–H groups in total. The van der Waals surface area contributed by atoms with Gasteiger partial charge in [-0.3, -0.25) is 9.78 Å². The molecular weight excluding hydrogens is 350 g/mol. The summed E-state index contributed by atoms with van der Waals surface area (Å²) < 4.78 is 5.04. The molecule has 0 radical (unpaired) electrons. The van der Waals surface area contributed by atoms with Crippen molar-refractivity contribution in [3.8, 4) is 0 Å². The van der Waals surface area contributed by atoms with Gasteiger partial charge in [-0.15, -0.1) is 25.3 Å². The van der Waals surface area contributed by atoms with E-state index in [0.29, 0.717) is 0 Å². The Hall–Kier alpha value is -1.56. The standard InChI is InChI=1S/C10H7N5O2S4/c16-7(6-5-11-1-2-12-6)14(9(18)19)15(10(20)21)8-13-3-4-17-8/h1-5H,(H,18,19)(H,20,21).